The van der Waals surface area contributed by atoms with Crippen molar-refractivity contribution in [3.63, 3.8) is 0 Å². The van der Waals surface area contributed by atoms with E-state index in [1.807, 2.05) is 0 Å². The van der Waals surface area contributed by atoms with E-state index >= 15 is 0 Å². The lowest BCUT2D eigenvalue weighted by molar-refractivity contribution is -0.221. The molecule has 0 saturated carbocycles. The van der Waals surface area contributed by atoms with Crippen molar-refractivity contribution in [2.24, 2.45) is 0 Å². The van der Waals surface area contributed by atoms with E-state index in [-0.39, 0.29) is 0 Å². The Labute approximate surface area is 74.4 Å². The molecule has 0 aromatic heterocycles. The van der Waals surface area contributed by atoms with Gasteiger partial charge in [0.25, 0.3) is 0 Å². The summed E-state index contributed by atoms with van der Waals surface area (Å²) in [5.74, 6) is 0. The summed E-state index contributed by atoms with van der Waals surface area (Å²) in [6.07, 6.45) is -6.21. The maximum atomic E-state index is 10.3. The van der Waals surface area contributed by atoms with Gasteiger partial charge in [-0.15, -0.1) is 0 Å². The van der Waals surface area contributed by atoms with Crippen LogP contribution in [0, 0.1) is 0 Å². The van der Waals surface area contributed by atoms with Crippen LogP contribution in [-0.2, 0) is 9.53 Å². The lowest BCUT2D eigenvalue weighted by atomic mass is 9.96. The lowest BCUT2D eigenvalue weighted by Crippen LogP contribution is -2.58. The van der Waals surface area contributed by atoms with Crippen LogP contribution >= 0.6 is 0 Å². The van der Waals surface area contributed by atoms with E-state index in [0.29, 0.717) is 6.29 Å². The number of aliphatic hydroxyl groups is 4. The number of hydrogen-bond acceptors (Lipinski definition) is 6. The van der Waals surface area contributed by atoms with Gasteiger partial charge in [0.1, 0.15) is 30.5 Å². The first-order valence-electron chi connectivity index (χ1n) is 3.87. The highest BCUT2D eigenvalue weighted by Crippen LogP contribution is 2.19. The number of aliphatic hydroxyl groups excluding tert-OH is 4. The molecule has 6 heteroatoms. The Morgan fingerprint density at radius 2 is 1.77 bits per heavy atom. The summed E-state index contributed by atoms with van der Waals surface area (Å²) >= 11 is 0. The number of carbonyl (C=O) groups is 1. The summed E-state index contributed by atoms with van der Waals surface area (Å²) in [5, 5.41) is 36.3. The van der Waals surface area contributed by atoms with Crippen molar-refractivity contribution < 1.29 is 30.0 Å². The minimum Gasteiger partial charge on any atom is -0.394 e. The van der Waals surface area contributed by atoms with Crippen LogP contribution in [0.5, 0.6) is 0 Å². The van der Waals surface area contributed by atoms with E-state index in [1.165, 1.54) is 0 Å². The smallest absolute Gasteiger partial charge is 0.151 e. The summed E-state index contributed by atoms with van der Waals surface area (Å²) < 4.78 is 4.80. The molecule has 1 saturated heterocycles. The van der Waals surface area contributed by atoms with Gasteiger partial charge >= 0.3 is 0 Å². The Kier molecular flexibility index (Phi) is 3.34. The van der Waals surface area contributed by atoms with Gasteiger partial charge in [0.2, 0.25) is 0 Å². The van der Waals surface area contributed by atoms with E-state index in [1.54, 1.807) is 0 Å². The summed E-state index contributed by atoms with van der Waals surface area (Å²) in [5.41, 5.74) is 0. The zero-order valence-electron chi connectivity index (χ0n) is 6.78. The van der Waals surface area contributed by atoms with Crippen molar-refractivity contribution in [1.29, 1.82) is 0 Å². The summed E-state index contributed by atoms with van der Waals surface area (Å²) in [6, 6.07) is 0. The van der Waals surface area contributed by atoms with Gasteiger partial charge in [0.05, 0.1) is 6.61 Å². The Morgan fingerprint density at radius 3 is 2.23 bits per heavy atom. The van der Waals surface area contributed by atoms with E-state index in [9.17, 15) is 20.1 Å². The van der Waals surface area contributed by atoms with Gasteiger partial charge in [0.15, 0.2) is 6.29 Å². The standard InChI is InChI=1S/C7H12O6/c8-1-3-5(10)7(12)6(11)4(2-9)13-3/h1,3-7,9-12H,2H2/t3-,4+,5-,6+,7+/m0/s1. The number of carbonyl (C=O) groups excluding carboxylic acids is 1. The molecule has 13 heavy (non-hydrogen) atoms. The normalized spacial score (nSPS) is 46.0. The second-order valence-corrected chi connectivity index (χ2v) is 2.93. The molecule has 1 heterocycles. The van der Waals surface area contributed by atoms with Crippen molar-refractivity contribution in [3.05, 3.63) is 0 Å². The molecule has 0 aliphatic carbocycles. The molecule has 0 spiro atoms. The summed E-state index contributed by atoms with van der Waals surface area (Å²) in [7, 11) is 0. The van der Waals surface area contributed by atoms with Crippen LogP contribution in [0.3, 0.4) is 0 Å². The van der Waals surface area contributed by atoms with Crippen LogP contribution in [0.4, 0.5) is 0 Å². The van der Waals surface area contributed by atoms with Gasteiger partial charge in [-0.2, -0.15) is 0 Å². The second-order valence-electron chi connectivity index (χ2n) is 2.93. The minimum absolute atomic E-state index is 0.322. The first-order valence-corrected chi connectivity index (χ1v) is 3.87. The van der Waals surface area contributed by atoms with Crippen molar-refractivity contribution in [3.8, 4) is 0 Å². The Morgan fingerprint density at radius 1 is 1.15 bits per heavy atom. The van der Waals surface area contributed by atoms with Crippen molar-refractivity contribution in [2.75, 3.05) is 6.61 Å². The molecule has 5 atom stereocenters. The van der Waals surface area contributed by atoms with Crippen molar-refractivity contribution in [1.82, 2.24) is 0 Å². The third-order valence-electron chi connectivity index (χ3n) is 2.06. The monoisotopic (exact) mass is 192 g/mol. The number of aldehydes is 1. The third kappa shape index (κ3) is 1.87. The molecule has 1 aliphatic heterocycles. The molecule has 1 rings (SSSR count). The molecule has 0 unspecified atom stereocenters. The SMILES string of the molecule is O=C[C@@H]1O[C@H](CO)[C@@H](O)[C@H](O)[C@H]1O. The number of hydrogen-bond donors (Lipinski definition) is 4. The van der Waals surface area contributed by atoms with Gasteiger partial charge in [-0.3, -0.25) is 0 Å². The molecular formula is C7H12O6. The predicted molar refractivity (Wildman–Crippen MR) is 39.8 cm³/mol. The molecule has 4 N–H and O–H groups in total. The maximum Gasteiger partial charge on any atom is 0.151 e. The molecule has 0 aromatic rings. The Balaban J connectivity index is 2.71. The zero-order chi connectivity index (χ0) is 10.0. The fourth-order valence-corrected chi connectivity index (χ4v) is 1.24. The lowest BCUT2D eigenvalue weighted by Gasteiger charge is -2.37. The molecule has 0 bridgehead atoms. The average molecular weight is 192 g/mol. The zero-order valence-corrected chi connectivity index (χ0v) is 6.78. The molecule has 0 aromatic carbocycles. The van der Waals surface area contributed by atoms with Gasteiger partial charge in [-0.25, -0.2) is 0 Å². The second kappa shape index (κ2) is 4.12. The largest absolute Gasteiger partial charge is 0.394 e. The third-order valence-corrected chi connectivity index (χ3v) is 2.06. The highest BCUT2D eigenvalue weighted by Gasteiger charge is 2.43. The van der Waals surface area contributed by atoms with Crippen LogP contribution in [0.1, 0.15) is 0 Å². The molecule has 76 valence electrons. The summed E-state index contributed by atoms with van der Waals surface area (Å²) in [4.78, 5) is 10.3. The topological polar surface area (TPSA) is 107 Å². The molecule has 0 amide bonds. The first kappa shape index (κ1) is 10.6. The van der Waals surface area contributed by atoms with E-state index in [4.69, 9.17) is 9.84 Å². The van der Waals surface area contributed by atoms with E-state index in [0.717, 1.165) is 0 Å². The molecule has 1 aliphatic rings. The van der Waals surface area contributed by atoms with Gasteiger partial charge < -0.3 is 30.0 Å². The van der Waals surface area contributed by atoms with Crippen LogP contribution in [0.2, 0.25) is 0 Å². The van der Waals surface area contributed by atoms with Crippen LogP contribution in [0.25, 0.3) is 0 Å². The van der Waals surface area contributed by atoms with Gasteiger partial charge in [0, 0.05) is 0 Å². The molecular weight excluding hydrogens is 180 g/mol. The molecule has 1 fully saturated rings. The van der Waals surface area contributed by atoms with Crippen molar-refractivity contribution in [2.45, 2.75) is 30.5 Å². The summed E-state index contributed by atoms with van der Waals surface area (Å²) in [6.45, 7) is -0.519. The van der Waals surface area contributed by atoms with Gasteiger partial charge in [-0.1, -0.05) is 0 Å². The highest BCUT2D eigenvalue weighted by atomic mass is 16.5. The van der Waals surface area contributed by atoms with Crippen LogP contribution < -0.4 is 0 Å². The fraction of sp³-hybridized carbons (Fsp3) is 0.857. The van der Waals surface area contributed by atoms with E-state index < -0.39 is 37.1 Å². The predicted octanol–water partition coefficient (Wildman–Crippen LogP) is -2.97. The Hall–Kier alpha value is -0.530. The van der Waals surface area contributed by atoms with E-state index in [2.05, 4.69) is 0 Å². The van der Waals surface area contributed by atoms with Gasteiger partial charge in [-0.05, 0) is 0 Å². The Bertz CT molecular complexity index is 182. The highest BCUT2D eigenvalue weighted by molar-refractivity contribution is 5.57. The minimum atomic E-state index is -1.47. The first-order chi connectivity index (χ1) is 6.11. The van der Waals surface area contributed by atoms with Crippen molar-refractivity contribution >= 4 is 6.29 Å². The number of ether oxygens (including phenoxy) is 1. The molecule has 6 nitrogen and oxygen atoms in total. The quantitative estimate of drug-likeness (QED) is 0.348. The van der Waals surface area contributed by atoms with Crippen LogP contribution in [-0.4, -0.2) is 63.8 Å². The number of rotatable bonds is 2. The van der Waals surface area contributed by atoms with Crippen LogP contribution in [0.15, 0.2) is 0 Å². The fourth-order valence-electron chi connectivity index (χ4n) is 1.24. The molecule has 0 radical (unpaired) electrons. The maximum absolute atomic E-state index is 10.3. The average Bonchev–Trinajstić information content (AvgIpc) is 2.15.